The molecule has 0 saturated heterocycles. The van der Waals surface area contributed by atoms with Crippen LogP contribution in [0.2, 0.25) is 0 Å². The lowest BCUT2D eigenvalue weighted by molar-refractivity contribution is 0.0397. The summed E-state index contributed by atoms with van der Waals surface area (Å²) in [5, 5.41) is 0.194. The van der Waals surface area contributed by atoms with Crippen molar-refractivity contribution in [1.29, 1.82) is 0 Å². The van der Waals surface area contributed by atoms with Gasteiger partial charge in [0.2, 0.25) is 0 Å². The lowest BCUT2D eigenvalue weighted by atomic mass is 10.2. The molecule has 0 atom stereocenters. The van der Waals surface area contributed by atoms with E-state index in [1.54, 1.807) is 7.11 Å². The number of unbranched alkanes of at least 4 members (excludes halogenated alkanes) is 4. The molecule has 0 radical (unpaired) electrons. The highest BCUT2D eigenvalue weighted by molar-refractivity contribution is 6.40. The zero-order valence-electron chi connectivity index (χ0n) is 11.9. The first kappa shape index (κ1) is 21.8. The van der Waals surface area contributed by atoms with Crippen LogP contribution in [0.25, 0.3) is 0 Å². The second kappa shape index (κ2) is 17.9. The fourth-order valence-electron chi connectivity index (χ4n) is 0.677. The van der Waals surface area contributed by atoms with Crippen LogP contribution in [0.3, 0.4) is 0 Å². The van der Waals surface area contributed by atoms with Crippen LogP contribution in [0, 0.1) is 0 Å². The fourth-order valence-corrected chi connectivity index (χ4v) is 0.677. The lowest BCUT2D eigenvalue weighted by Gasteiger charge is -2.14. The van der Waals surface area contributed by atoms with E-state index in [2.05, 4.69) is 13.8 Å². The molecule has 0 N–H and O–H groups in total. The van der Waals surface area contributed by atoms with Crippen LogP contribution in [0.5, 0.6) is 0 Å². The van der Waals surface area contributed by atoms with Gasteiger partial charge in [0.1, 0.15) is 0 Å². The summed E-state index contributed by atoms with van der Waals surface area (Å²) in [7, 11) is 1.71. The predicted octanol–water partition coefficient (Wildman–Crippen LogP) is 5.83. The Kier molecular flexibility index (Phi) is 24.4. The summed E-state index contributed by atoms with van der Waals surface area (Å²) in [6, 6.07) is 0. The van der Waals surface area contributed by atoms with E-state index in [9.17, 15) is 0 Å². The van der Waals surface area contributed by atoms with E-state index in [0.29, 0.717) is 0 Å². The van der Waals surface area contributed by atoms with Gasteiger partial charge >= 0.3 is 0 Å². The zero-order chi connectivity index (χ0) is 13.4. The van der Waals surface area contributed by atoms with Crippen LogP contribution >= 0.6 is 23.2 Å². The summed E-state index contributed by atoms with van der Waals surface area (Å²) in [6.45, 7) is 10.6. The molecule has 0 saturated carbocycles. The molecule has 0 bridgehead atoms. The molecule has 102 valence electrons. The number of ether oxygens (including phenoxy) is 1. The number of halogens is 2. The van der Waals surface area contributed by atoms with E-state index >= 15 is 0 Å². The molecule has 0 aliphatic carbocycles. The zero-order valence-corrected chi connectivity index (χ0v) is 13.4. The van der Waals surface area contributed by atoms with Crippen LogP contribution in [0.4, 0.5) is 0 Å². The smallest absolute Gasteiger partial charge is 0.0967 e. The molecular weight excluding hydrogens is 243 g/mol. The van der Waals surface area contributed by atoms with Gasteiger partial charge in [-0.05, 0) is 20.8 Å². The van der Waals surface area contributed by atoms with Crippen molar-refractivity contribution >= 4 is 23.2 Å². The maximum Gasteiger partial charge on any atom is 0.0967 e. The summed E-state index contributed by atoms with van der Waals surface area (Å²) in [5.41, 5.74) is 0.0417. The quantitative estimate of drug-likeness (QED) is 0.462. The van der Waals surface area contributed by atoms with E-state index in [0.717, 1.165) is 0 Å². The molecule has 0 rings (SSSR count). The molecule has 0 unspecified atom stereocenters. The number of hydrogen-bond donors (Lipinski definition) is 0. The summed E-state index contributed by atoms with van der Waals surface area (Å²) in [4.78, 5) is 0. The molecule has 1 nitrogen and oxygen atoms in total. The topological polar surface area (TPSA) is 9.23 Å². The SMILES string of the molecule is CCCCCCC.COC(C)(C)C.ClCCl. The largest absolute Gasteiger partial charge is 0.379 e. The molecule has 0 fully saturated rings. The standard InChI is InChI=1S/C7H16.C5H12O.CH2Cl2/c1-3-5-7-6-4-2;1-5(2,3)6-4;2-1-3/h3-7H2,1-2H3;1-4H3;1H2. The Labute approximate surface area is 113 Å². The lowest BCUT2D eigenvalue weighted by Crippen LogP contribution is -2.15. The molecule has 0 aliphatic heterocycles. The average molecular weight is 273 g/mol. The predicted molar refractivity (Wildman–Crippen MR) is 77.8 cm³/mol. The molecule has 0 aromatic rings. The van der Waals surface area contributed by atoms with Gasteiger partial charge < -0.3 is 4.74 Å². The van der Waals surface area contributed by atoms with Crippen molar-refractivity contribution in [2.24, 2.45) is 0 Å². The minimum absolute atomic E-state index is 0.0417. The van der Waals surface area contributed by atoms with Crippen molar-refractivity contribution in [3.05, 3.63) is 0 Å². The van der Waals surface area contributed by atoms with E-state index in [4.69, 9.17) is 27.9 Å². The monoisotopic (exact) mass is 272 g/mol. The Morgan fingerprint density at radius 3 is 1.25 bits per heavy atom. The van der Waals surface area contributed by atoms with Crippen LogP contribution in [-0.2, 0) is 4.74 Å². The molecule has 3 heteroatoms. The van der Waals surface area contributed by atoms with Gasteiger partial charge in [0.25, 0.3) is 0 Å². The Bertz CT molecular complexity index is 96.6. The third-order valence-corrected chi connectivity index (χ3v) is 1.82. The van der Waals surface area contributed by atoms with Crippen LogP contribution < -0.4 is 0 Å². The van der Waals surface area contributed by atoms with Gasteiger partial charge in [0, 0.05) is 7.11 Å². The van der Waals surface area contributed by atoms with Crippen LogP contribution in [0.15, 0.2) is 0 Å². The van der Waals surface area contributed by atoms with Gasteiger partial charge in [-0.15, -0.1) is 23.2 Å². The molecular formula is C13H30Cl2O. The van der Waals surface area contributed by atoms with Crippen molar-refractivity contribution in [1.82, 2.24) is 0 Å². The Balaban J connectivity index is -0.000000172. The van der Waals surface area contributed by atoms with Crippen molar-refractivity contribution in [2.45, 2.75) is 72.3 Å². The highest BCUT2D eigenvalue weighted by Gasteiger charge is 2.03. The van der Waals surface area contributed by atoms with Crippen LogP contribution in [0.1, 0.15) is 66.7 Å². The summed E-state index contributed by atoms with van der Waals surface area (Å²) in [6.07, 6.45) is 7.01. The van der Waals surface area contributed by atoms with E-state index in [1.165, 1.54) is 32.1 Å². The van der Waals surface area contributed by atoms with Crippen molar-refractivity contribution in [3.63, 3.8) is 0 Å². The van der Waals surface area contributed by atoms with E-state index in [-0.39, 0.29) is 10.9 Å². The maximum absolute atomic E-state index is 4.94. The first-order chi connectivity index (χ1) is 7.39. The Morgan fingerprint density at radius 2 is 1.12 bits per heavy atom. The van der Waals surface area contributed by atoms with Crippen LogP contribution in [-0.4, -0.2) is 18.1 Å². The Morgan fingerprint density at radius 1 is 0.875 bits per heavy atom. The number of rotatable bonds is 4. The minimum Gasteiger partial charge on any atom is -0.379 e. The molecule has 0 aliphatic rings. The number of methoxy groups -OCH3 is 1. The highest BCUT2D eigenvalue weighted by atomic mass is 35.5. The van der Waals surface area contributed by atoms with Crippen molar-refractivity contribution in [2.75, 3.05) is 12.4 Å². The summed E-state index contributed by atoms with van der Waals surface area (Å²) in [5.74, 6) is 0. The molecule has 0 aromatic heterocycles. The van der Waals surface area contributed by atoms with Gasteiger partial charge in [-0.25, -0.2) is 0 Å². The van der Waals surface area contributed by atoms with Gasteiger partial charge in [-0.3, -0.25) is 0 Å². The average Bonchev–Trinajstić information content (AvgIpc) is 2.20. The molecule has 0 amide bonds. The molecule has 0 spiro atoms. The van der Waals surface area contributed by atoms with Gasteiger partial charge in [-0.1, -0.05) is 46.0 Å². The molecule has 16 heavy (non-hydrogen) atoms. The molecule has 0 heterocycles. The summed E-state index contributed by atoms with van der Waals surface area (Å²) < 4.78 is 4.94. The van der Waals surface area contributed by atoms with E-state index in [1.807, 2.05) is 20.8 Å². The van der Waals surface area contributed by atoms with Crippen molar-refractivity contribution < 1.29 is 4.74 Å². The Hall–Kier alpha value is 0.540. The third kappa shape index (κ3) is 46.9. The van der Waals surface area contributed by atoms with Gasteiger partial charge in [0.05, 0.1) is 10.9 Å². The second-order valence-electron chi connectivity index (χ2n) is 4.48. The first-order valence-corrected chi connectivity index (χ1v) is 7.13. The molecule has 0 aromatic carbocycles. The van der Waals surface area contributed by atoms with E-state index < -0.39 is 0 Å². The fraction of sp³-hybridized carbons (Fsp3) is 1.00. The summed E-state index contributed by atoms with van der Waals surface area (Å²) >= 11 is 9.53. The minimum atomic E-state index is 0.0417. The number of hydrogen-bond acceptors (Lipinski definition) is 1. The van der Waals surface area contributed by atoms with Crippen molar-refractivity contribution in [3.8, 4) is 0 Å². The normalized spacial score (nSPS) is 9.75. The third-order valence-electron chi connectivity index (χ3n) is 1.82. The highest BCUT2D eigenvalue weighted by Crippen LogP contribution is 2.02. The first-order valence-electron chi connectivity index (χ1n) is 6.06. The number of alkyl halides is 2. The van der Waals surface area contributed by atoms with Gasteiger partial charge in [0.15, 0.2) is 0 Å². The second-order valence-corrected chi connectivity index (χ2v) is 5.29. The maximum atomic E-state index is 4.94. The van der Waals surface area contributed by atoms with Gasteiger partial charge in [-0.2, -0.15) is 0 Å².